The second-order valence-electron chi connectivity index (χ2n) is 9.04. The van der Waals surface area contributed by atoms with E-state index in [9.17, 15) is 18.8 Å². The molecule has 1 N–H and O–H groups in total. The molecule has 2 aromatic carbocycles. The highest BCUT2D eigenvalue weighted by Crippen LogP contribution is 2.39. The molecule has 0 radical (unpaired) electrons. The smallest absolute Gasteiger partial charge is 0.256 e. The maximum atomic E-state index is 13.9. The molecule has 0 aromatic heterocycles. The van der Waals surface area contributed by atoms with Crippen LogP contribution < -0.4 is 5.32 Å². The number of ether oxygens (including phenoxy) is 1. The molecule has 2 aromatic rings. The van der Waals surface area contributed by atoms with Crippen molar-refractivity contribution in [1.29, 1.82) is 0 Å². The van der Waals surface area contributed by atoms with E-state index in [1.165, 1.54) is 29.2 Å². The van der Waals surface area contributed by atoms with Gasteiger partial charge in [0.2, 0.25) is 5.91 Å². The summed E-state index contributed by atoms with van der Waals surface area (Å²) in [7, 11) is 0. The van der Waals surface area contributed by atoms with E-state index in [0.717, 1.165) is 12.8 Å². The van der Waals surface area contributed by atoms with Crippen LogP contribution in [0.15, 0.2) is 48.5 Å². The van der Waals surface area contributed by atoms with Crippen LogP contribution in [0.5, 0.6) is 0 Å². The lowest BCUT2D eigenvalue weighted by Crippen LogP contribution is -2.60. The Balaban J connectivity index is 1.37. The third kappa shape index (κ3) is 4.40. The average molecular weight is 486 g/mol. The SMILES string of the molecule is O=C(NC1CC1)[C@@H]1COC2(CCN(C(=O)c3ccc(Cl)cc3)CC2)N1C(=O)c1cccc(F)c1. The Hall–Kier alpha value is -2.97. The first-order valence-corrected chi connectivity index (χ1v) is 11.8. The van der Waals surface area contributed by atoms with Gasteiger partial charge >= 0.3 is 0 Å². The topological polar surface area (TPSA) is 79.0 Å². The van der Waals surface area contributed by atoms with Gasteiger partial charge < -0.3 is 15.0 Å². The largest absolute Gasteiger partial charge is 0.353 e. The number of halogens is 2. The molecule has 1 aliphatic carbocycles. The number of amides is 3. The zero-order chi connectivity index (χ0) is 23.9. The number of nitrogens with one attached hydrogen (secondary N) is 1. The van der Waals surface area contributed by atoms with Gasteiger partial charge in [0.15, 0.2) is 0 Å². The Kier molecular flexibility index (Phi) is 6.04. The predicted octanol–water partition coefficient (Wildman–Crippen LogP) is 3.23. The van der Waals surface area contributed by atoms with Crippen molar-refractivity contribution in [3.63, 3.8) is 0 Å². The Morgan fingerprint density at radius 2 is 1.71 bits per heavy atom. The van der Waals surface area contributed by atoms with E-state index < -0.39 is 23.5 Å². The fraction of sp³-hybridized carbons (Fsp3) is 0.400. The first-order valence-electron chi connectivity index (χ1n) is 11.4. The molecule has 7 nitrogen and oxygen atoms in total. The standard InChI is InChI=1S/C25H25ClFN3O4/c26-18-6-4-16(5-7-18)23(32)29-12-10-25(11-13-29)30(24(33)17-2-1-3-19(27)14-17)21(15-34-25)22(31)28-20-8-9-20/h1-7,14,20-21H,8-13,15H2,(H,28,31)/t21-/m0/s1. The lowest BCUT2D eigenvalue weighted by Gasteiger charge is -2.44. The van der Waals surface area contributed by atoms with Gasteiger partial charge in [0, 0.05) is 48.1 Å². The molecule has 5 rings (SSSR count). The third-order valence-electron chi connectivity index (χ3n) is 6.70. The maximum absolute atomic E-state index is 13.9. The van der Waals surface area contributed by atoms with Crippen molar-refractivity contribution < 1.29 is 23.5 Å². The summed E-state index contributed by atoms with van der Waals surface area (Å²) in [6.07, 6.45) is 2.54. The molecular formula is C25H25ClFN3O4. The molecule has 1 saturated carbocycles. The number of hydrogen-bond acceptors (Lipinski definition) is 4. The summed E-state index contributed by atoms with van der Waals surface area (Å²) in [5.41, 5.74) is -0.345. The Bertz CT molecular complexity index is 1110. The molecule has 1 atom stereocenters. The van der Waals surface area contributed by atoms with Crippen molar-refractivity contribution in [3.05, 3.63) is 70.5 Å². The summed E-state index contributed by atoms with van der Waals surface area (Å²) in [6, 6.07) is 11.5. The van der Waals surface area contributed by atoms with E-state index in [1.54, 1.807) is 29.2 Å². The zero-order valence-corrected chi connectivity index (χ0v) is 19.3. The molecule has 0 unspecified atom stereocenters. The van der Waals surface area contributed by atoms with Crippen molar-refractivity contribution in [1.82, 2.24) is 15.1 Å². The highest BCUT2D eigenvalue weighted by Gasteiger charge is 2.54. The van der Waals surface area contributed by atoms with Crippen LogP contribution in [0.3, 0.4) is 0 Å². The van der Waals surface area contributed by atoms with Crippen LogP contribution in [0.2, 0.25) is 5.02 Å². The molecule has 9 heteroatoms. The van der Waals surface area contributed by atoms with E-state index in [-0.39, 0.29) is 30.0 Å². The third-order valence-corrected chi connectivity index (χ3v) is 6.95. The van der Waals surface area contributed by atoms with Crippen LogP contribution >= 0.6 is 11.6 Å². The molecule has 34 heavy (non-hydrogen) atoms. The average Bonchev–Trinajstić information content (AvgIpc) is 3.58. The van der Waals surface area contributed by atoms with Crippen LogP contribution in [0.4, 0.5) is 4.39 Å². The number of hydrogen-bond donors (Lipinski definition) is 1. The second kappa shape index (κ2) is 9.00. The molecule has 1 spiro atoms. The molecular weight excluding hydrogens is 461 g/mol. The van der Waals surface area contributed by atoms with E-state index >= 15 is 0 Å². The van der Waals surface area contributed by atoms with Crippen molar-refractivity contribution in [3.8, 4) is 0 Å². The predicted molar refractivity (Wildman–Crippen MR) is 123 cm³/mol. The number of rotatable bonds is 4. The number of benzene rings is 2. The molecule has 2 aliphatic heterocycles. The highest BCUT2D eigenvalue weighted by atomic mass is 35.5. The Labute approximate surface area is 201 Å². The van der Waals surface area contributed by atoms with Gasteiger partial charge in [0.05, 0.1) is 6.61 Å². The lowest BCUT2D eigenvalue weighted by atomic mass is 9.96. The minimum atomic E-state index is -1.04. The van der Waals surface area contributed by atoms with Gasteiger partial charge in [-0.15, -0.1) is 0 Å². The van der Waals surface area contributed by atoms with Crippen LogP contribution in [-0.2, 0) is 9.53 Å². The summed E-state index contributed by atoms with van der Waals surface area (Å²) in [4.78, 5) is 42.7. The molecule has 2 saturated heterocycles. The molecule has 178 valence electrons. The second-order valence-corrected chi connectivity index (χ2v) is 9.48. The van der Waals surface area contributed by atoms with Gasteiger partial charge in [0.1, 0.15) is 17.6 Å². The van der Waals surface area contributed by atoms with E-state index in [1.807, 2.05) is 0 Å². The fourth-order valence-electron chi connectivity index (χ4n) is 4.69. The van der Waals surface area contributed by atoms with Crippen molar-refractivity contribution in [2.45, 2.75) is 43.5 Å². The molecule has 3 amide bonds. The van der Waals surface area contributed by atoms with E-state index in [4.69, 9.17) is 16.3 Å². The number of likely N-dealkylation sites (tertiary alicyclic amines) is 1. The van der Waals surface area contributed by atoms with Crippen LogP contribution in [0, 0.1) is 5.82 Å². The Morgan fingerprint density at radius 3 is 2.35 bits per heavy atom. The zero-order valence-electron chi connectivity index (χ0n) is 18.5. The normalized spacial score (nSPS) is 21.5. The molecule has 0 bridgehead atoms. The Morgan fingerprint density at radius 1 is 1.00 bits per heavy atom. The molecule has 3 fully saturated rings. The van der Waals surface area contributed by atoms with Gasteiger partial charge in [-0.2, -0.15) is 0 Å². The van der Waals surface area contributed by atoms with Gasteiger partial charge in [-0.3, -0.25) is 19.3 Å². The van der Waals surface area contributed by atoms with E-state index in [2.05, 4.69) is 5.32 Å². The number of carbonyl (C=O) groups is 3. The van der Waals surface area contributed by atoms with Gasteiger partial charge in [-0.05, 0) is 55.3 Å². The van der Waals surface area contributed by atoms with Crippen LogP contribution in [-0.4, -0.2) is 65.0 Å². The molecule has 2 heterocycles. The first kappa shape index (κ1) is 22.8. The number of carbonyl (C=O) groups excluding carboxylic acids is 3. The monoisotopic (exact) mass is 485 g/mol. The first-order chi connectivity index (χ1) is 16.4. The minimum absolute atomic E-state index is 0.0603. The van der Waals surface area contributed by atoms with Crippen LogP contribution in [0.25, 0.3) is 0 Å². The van der Waals surface area contributed by atoms with Crippen molar-refractivity contribution >= 4 is 29.3 Å². The summed E-state index contributed by atoms with van der Waals surface area (Å²) in [6.45, 7) is 0.765. The number of nitrogens with zero attached hydrogens (tertiary/aromatic N) is 2. The van der Waals surface area contributed by atoms with Gasteiger partial charge in [0.25, 0.3) is 11.8 Å². The maximum Gasteiger partial charge on any atom is 0.256 e. The quantitative estimate of drug-likeness (QED) is 0.721. The summed E-state index contributed by atoms with van der Waals surface area (Å²) < 4.78 is 20.0. The van der Waals surface area contributed by atoms with E-state index in [0.29, 0.717) is 36.5 Å². The van der Waals surface area contributed by atoms with Crippen molar-refractivity contribution in [2.24, 2.45) is 0 Å². The minimum Gasteiger partial charge on any atom is -0.353 e. The summed E-state index contributed by atoms with van der Waals surface area (Å²) in [5, 5.41) is 3.51. The summed E-state index contributed by atoms with van der Waals surface area (Å²) in [5.74, 6) is -1.37. The van der Waals surface area contributed by atoms with Crippen LogP contribution in [0.1, 0.15) is 46.4 Å². The van der Waals surface area contributed by atoms with Crippen molar-refractivity contribution in [2.75, 3.05) is 19.7 Å². The highest BCUT2D eigenvalue weighted by molar-refractivity contribution is 6.30. The fourth-order valence-corrected chi connectivity index (χ4v) is 4.81. The number of piperidine rings is 1. The molecule has 3 aliphatic rings. The van der Waals surface area contributed by atoms with Gasteiger partial charge in [-0.25, -0.2) is 4.39 Å². The van der Waals surface area contributed by atoms with Gasteiger partial charge in [-0.1, -0.05) is 17.7 Å². The lowest BCUT2D eigenvalue weighted by molar-refractivity contribution is -0.128. The summed E-state index contributed by atoms with van der Waals surface area (Å²) >= 11 is 5.93.